The Morgan fingerprint density at radius 1 is 1.53 bits per heavy atom. The Morgan fingerprint density at radius 2 is 2.26 bits per heavy atom. The summed E-state index contributed by atoms with van der Waals surface area (Å²) in [6, 6.07) is 2.89. The molecule has 19 heavy (non-hydrogen) atoms. The molecule has 1 atom stereocenters. The Morgan fingerprint density at radius 3 is 2.89 bits per heavy atom. The van der Waals surface area contributed by atoms with Gasteiger partial charge >= 0.3 is 0 Å². The molecule has 1 aromatic heterocycles. The predicted octanol–water partition coefficient (Wildman–Crippen LogP) is 4.70. The van der Waals surface area contributed by atoms with Crippen molar-refractivity contribution in [1.82, 2.24) is 4.57 Å². The van der Waals surface area contributed by atoms with Crippen LogP contribution in [0.25, 0.3) is 21.3 Å². The maximum Gasteiger partial charge on any atom is 0.142 e. The number of aryl methyl sites for hydroxylation is 1. The number of hydrogen-bond donors (Lipinski definition) is 0. The van der Waals surface area contributed by atoms with Crippen LogP contribution >= 0.6 is 11.6 Å². The van der Waals surface area contributed by atoms with E-state index in [1.54, 1.807) is 6.07 Å². The van der Waals surface area contributed by atoms with Gasteiger partial charge in [-0.25, -0.2) is 4.39 Å². The highest BCUT2D eigenvalue weighted by Crippen LogP contribution is 2.31. The van der Waals surface area contributed by atoms with Gasteiger partial charge < -0.3 is 4.57 Å². The lowest BCUT2D eigenvalue weighted by Gasteiger charge is -2.08. The van der Waals surface area contributed by atoms with Crippen LogP contribution in [0.1, 0.15) is 19.4 Å². The van der Waals surface area contributed by atoms with Crippen LogP contribution < -0.4 is 0 Å². The van der Waals surface area contributed by atoms with E-state index in [2.05, 4.69) is 10.0 Å². The monoisotopic (exact) mass is 280 g/mol. The van der Waals surface area contributed by atoms with Crippen molar-refractivity contribution < 1.29 is 4.39 Å². The third-order valence-electron chi connectivity index (χ3n) is 3.11. The highest BCUT2D eigenvalue weighted by Gasteiger charge is 2.14. The normalized spacial score (nSPS) is 12.4. The molecule has 0 aliphatic rings. The minimum atomic E-state index is -0.412. The summed E-state index contributed by atoms with van der Waals surface area (Å²) >= 11 is 6.05. The average molecular weight is 281 g/mol. The fourth-order valence-corrected chi connectivity index (χ4v) is 2.52. The molecule has 4 nitrogen and oxygen atoms in total. The Hall–Kier alpha value is -1.71. The van der Waals surface area contributed by atoms with Crippen molar-refractivity contribution in [2.45, 2.75) is 32.9 Å². The molecule has 2 rings (SSSR count). The maximum absolute atomic E-state index is 13.5. The maximum atomic E-state index is 13.5. The van der Waals surface area contributed by atoms with Crippen molar-refractivity contribution in [3.63, 3.8) is 0 Å². The van der Waals surface area contributed by atoms with E-state index in [0.717, 1.165) is 22.9 Å². The Kier molecular flexibility index (Phi) is 3.98. The summed E-state index contributed by atoms with van der Waals surface area (Å²) < 4.78 is 15.5. The lowest BCUT2D eigenvalue weighted by molar-refractivity contribution is 0.600. The zero-order valence-corrected chi connectivity index (χ0v) is 11.5. The molecule has 0 radical (unpaired) electrons. The number of nitrogens with zero attached hydrogens (tertiary/aromatic N) is 4. The molecule has 0 N–H and O–H groups in total. The van der Waals surface area contributed by atoms with Crippen LogP contribution in [0.4, 0.5) is 4.39 Å². The molecule has 100 valence electrons. The average Bonchev–Trinajstić information content (AvgIpc) is 2.73. The van der Waals surface area contributed by atoms with E-state index in [4.69, 9.17) is 17.1 Å². The zero-order chi connectivity index (χ0) is 14.0. The van der Waals surface area contributed by atoms with Gasteiger partial charge in [0.1, 0.15) is 5.82 Å². The first-order chi connectivity index (χ1) is 9.08. The molecule has 0 saturated heterocycles. The van der Waals surface area contributed by atoms with Gasteiger partial charge in [0.15, 0.2) is 0 Å². The van der Waals surface area contributed by atoms with E-state index in [-0.39, 0.29) is 11.1 Å². The van der Waals surface area contributed by atoms with Gasteiger partial charge in [0.2, 0.25) is 0 Å². The van der Waals surface area contributed by atoms with E-state index in [9.17, 15) is 4.39 Å². The smallest absolute Gasteiger partial charge is 0.142 e. The van der Waals surface area contributed by atoms with Crippen LogP contribution in [0.15, 0.2) is 23.4 Å². The summed E-state index contributed by atoms with van der Waals surface area (Å²) in [7, 11) is 0. The summed E-state index contributed by atoms with van der Waals surface area (Å²) in [6.45, 7) is 4.38. The number of benzene rings is 1. The summed E-state index contributed by atoms with van der Waals surface area (Å²) in [5, 5.41) is 4.56. The number of fused-ring (bicyclic) bond motifs is 1. The number of azide groups is 1. The highest BCUT2D eigenvalue weighted by molar-refractivity contribution is 6.35. The molecule has 1 unspecified atom stereocenters. The third-order valence-corrected chi connectivity index (χ3v) is 3.48. The van der Waals surface area contributed by atoms with Crippen LogP contribution in [0, 0.1) is 5.82 Å². The van der Waals surface area contributed by atoms with Gasteiger partial charge in [0.05, 0.1) is 11.1 Å². The minimum absolute atomic E-state index is 0.157. The number of rotatable bonds is 4. The molecule has 1 aromatic carbocycles. The van der Waals surface area contributed by atoms with Crippen molar-refractivity contribution >= 4 is 22.5 Å². The first-order valence-electron chi connectivity index (χ1n) is 6.08. The summed E-state index contributed by atoms with van der Waals surface area (Å²) in [4.78, 5) is 2.80. The van der Waals surface area contributed by atoms with Crippen molar-refractivity contribution in [2.24, 2.45) is 5.11 Å². The molecule has 0 fully saturated rings. The van der Waals surface area contributed by atoms with Gasteiger partial charge in [-0.2, -0.15) is 0 Å². The SMILES string of the molecule is CCc1cn(CC(C)N=[N+]=[N-])c2ccc(F)c(Cl)c12. The van der Waals surface area contributed by atoms with Crippen molar-refractivity contribution in [3.05, 3.63) is 45.2 Å². The fourth-order valence-electron chi connectivity index (χ4n) is 2.24. The van der Waals surface area contributed by atoms with Gasteiger partial charge in [0.25, 0.3) is 0 Å². The molecule has 0 bridgehead atoms. The van der Waals surface area contributed by atoms with Crippen LogP contribution in [0.2, 0.25) is 5.02 Å². The highest BCUT2D eigenvalue weighted by atomic mass is 35.5. The molecular formula is C13H14ClFN4. The van der Waals surface area contributed by atoms with E-state index in [1.807, 2.05) is 24.6 Å². The predicted molar refractivity (Wildman–Crippen MR) is 74.9 cm³/mol. The van der Waals surface area contributed by atoms with Gasteiger partial charge in [-0.1, -0.05) is 30.6 Å². The molecule has 0 spiro atoms. The lowest BCUT2D eigenvalue weighted by atomic mass is 10.1. The quantitative estimate of drug-likeness (QED) is 0.443. The summed E-state index contributed by atoms with van der Waals surface area (Å²) in [6.07, 6.45) is 2.71. The lowest BCUT2D eigenvalue weighted by Crippen LogP contribution is -2.08. The third kappa shape index (κ3) is 2.53. The summed E-state index contributed by atoms with van der Waals surface area (Å²) in [5.41, 5.74) is 10.3. The van der Waals surface area contributed by atoms with Crippen molar-refractivity contribution in [3.8, 4) is 0 Å². The molecule has 2 aromatic rings. The van der Waals surface area contributed by atoms with E-state index < -0.39 is 5.82 Å². The second-order valence-corrected chi connectivity index (χ2v) is 4.85. The first kappa shape index (κ1) is 13.7. The van der Waals surface area contributed by atoms with Gasteiger partial charge in [-0.15, -0.1) is 0 Å². The second-order valence-electron chi connectivity index (χ2n) is 4.47. The van der Waals surface area contributed by atoms with Crippen LogP contribution in [-0.4, -0.2) is 10.6 Å². The fraction of sp³-hybridized carbons (Fsp3) is 0.385. The summed E-state index contributed by atoms with van der Waals surface area (Å²) in [5.74, 6) is -0.412. The first-order valence-corrected chi connectivity index (χ1v) is 6.46. The largest absolute Gasteiger partial charge is 0.347 e. The van der Waals surface area contributed by atoms with Crippen LogP contribution in [0.3, 0.4) is 0 Å². The van der Waals surface area contributed by atoms with E-state index in [0.29, 0.717) is 6.54 Å². The molecule has 0 amide bonds. The van der Waals surface area contributed by atoms with Gasteiger partial charge in [-0.05, 0) is 29.6 Å². The minimum Gasteiger partial charge on any atom is -0.347 e. The Labute approximate surface area is 115 Å². The number of halogens is 2. The van der Waals surface area contributed by atoms with Crippen LogP contribution in [0.5, 0.6) is 0 Å². The molecule has 6 heteroatoms. The Balaban J connectivity index is 2.57. The molecule has 1 heterocycles. The zero-order valence-electron chi connectivity index (χ0n) is 10.8. The van der Waals surface area contributed by atoms with Gasteiger partial charge in [-0.3, -0.25) is 0 Å². The molecule has 0 aliphatic heterocycles. The second kappa shape index (κ2) is 5.51. The van der Waals surface area contributed by atoms with E-state index in [1.165, 1.54) is 6.07 Å². The van der Waals surface area contributed by atoms with Crippen molar-refractivity contribution in [2.75, 3.05) is 0 Å². The van der Waals surface area contributed by atoms with E-state index >= 15 is 0 Å². The van der Waals surface area contributed by atoms with Gasteiger partial charge in [0, 0.05) is 28.6 Å². The number of hydrogen-bond acceptors (Lipinski definition) is 1. The molecular weight excluding hydrogens is 267 g/mol. The topological polar surface area (TPSA) is 53.7 Å². The van der Waals surface area contributed by atoms with Crippen molar-refractivity contribution in [1.29, 1.82) is 0 Å². The molecule has 0 aliphatic carbocycles. The number of aromatic nitrogens is 1. The van der Waals surface area contributed by atoms with Crippen LogP contribution in [-0.2, 0) is 13.0 Å². The Bertz CT molecular complexity index is 658. The standard InChI is InChI=1S/C13H14ClFN4/c1-3-9-7-19(6-8(2)17-18-16)11-5-4-10(15)13(14)12(9)11/h4-5,7-8H,3,6H2,1-2H3. The molecule has 0 saturated carbocycles.